The number of hydrogen-bond acceptors (Lipinski definition) is 6. The van der Waals surface area contributed by atoms with E-state index < -0.39 is 24.5 Å². The predicted octanol–water partition coefficient (Wildman–Crippen LogP) is -0.383. The Morgan fingerprint density at radius 1 is 1.14 bits per heavy atom. The largest absolute Gasteiger partial charge is 0.506 e. The SMILES string of the molecule is NC(=O)c1ccc2c(N)cccc2c1O.N[C@@H](CO)C(=O)O. The molecule has 0 spiro atoms. The Balaban J connectivity index is 0.000000295. The molecule has 0 aliphatic carbocycles. The standard InChI is InChI=1S/C11H10N2O2.C3H7NO3/c12-9-3-1-2-7-6(9)4-5-8(10(7)14)11(13)15;4-2(1-5)3(6)7/h1-5,14H,12H2,(H2,13,15);2,5H,1,4H2,(H,6,7)/t;2-/m.0/s1. The van der Waals surface area contributed by atoms with Crippen LogP contribution in [0.4, 0.5) is 5.69 Å². The van der Waals surface area contributed by atoms with Gasteiger partial charge in [0.15, 0.2) is 0 Å². The van der Waals surface area contributed by atoms with Crippen LogP contribution in [-0.2, 0) is 4.79 Å². The summed E-state index contributed by atoms with van der Waals surface area (Å²) in [5, 5.41) is 26.9. The number of carboxylic acid groups (broad SMARTS) is 1. The summed E-state index contributed by atoms with van der Waals surface area (Å²) in [6.07, 6.45) is 0. The Hall–Kier alpha value is -2.84. The summed E-state index contributed by atoms with van der Waals surface area (Å²) < 4.78 is 0. The van der Waals surface area contributed by atoms with Crippen molar-refractivity contribution < 1.29 is 24.9 Å². The zero-order valence-corrected chi connectivity index (χ0v) is 11.6. The monoisotopic (exact) mass is 307 g/mol. The maximum Gasteiger partial charge on any atom is 0.322 e. The number of aliphatic hydroxyl groups excluding tert-OH is 1. The molecule has 2 aromatic rings. The molecule has 118 valence electrons. The molecule has 0 aromatic heterocycles. The zero-order valence-electron chi connectivity index (χ0n) is 11.6. The van der Waals surface area contributed by atoms with Crippen LogP contribution in [0.25, 0.3) is 10.8 Å². The third kappa shape index (κ3) is 3.84. The number of carbonyl (C=O) groups excluding carboxylic acids is 1. The average molecular weight is 307 g/mol. The number of hydrogen-bond donors (Lipinski definition) is 6. The normalized spacial score (nSPS) is 11.4. The maximum atomic E-state index is 11.0. The van der Waals surface area contributed by atoms with Gasteiger partial charge < -0.3 is 32.5 Å². The molecule has 22 heavy (non-hydrogen) atoms. The number of fused-ring (bicyclic) bond motifs is 1. The van der Waals surface area contributed by atoms with Crippen LogP contribution in [0.3, 0.4) is 0 Å². The van der Waals surface area contributed by atoms with Crippen molar-refractivity contribution in [3.63, 3.8) is 0 Å². The van der Waals surface area contributed by atoms with Crippen LogP contribution in [0, 0.1) is 0 Å². The highest BCUT2D eigenvalue weighted by Gasteiger charge is 2.11. The first kappa shape index (κ1) is 17.2. The molecule has 0 heterocycles. The van der Waals surface area contributed by atoms with E-state index >= 15 is 0 Å². The van der Waals surface area contributed by atoms with Crippen molar-refractivity contribution in [2.24, 2.45) is 11.5 Å². The number of benzene rings is 2. The third-order valence-corrected chi connectivity index (χ3v) is 2.85. The fourth-order valence-corrected chi connectivity index (χ4v) is 1.64. The van der Waals surface area contributed by atoms with Crippen LogP contribution in [0.15, 0.2) is 30.3 Å². The van der Waals surface area contributed by atoms with E-state index in [1.165, 1.54) is 6.07 Å². The quantitative estimate of drug-likeness (QED) is 0.419. The highest BCUT2D eigenvalue weighted by molar-refractivity contribution is 6.05. The van der Waals surface area contributed by atoms with Crippen LogP contribution in [0.5, 0.6) is 5.75 Å². The number of carbonyl (C=O) groups is 2. The summed E-state index contributed by atoms with van der Waals surface area (Å²) in [6.45, 7) is -0.505. The van der Waals surface area contributed by atoms with E-state index in [2.05, 4.69) is 0 Å². The number of nitrogens with two attached hydrogens (primary N) is 3. The van der Waals surface area contributed by atoms with Gasteiger partial charge in [-0.25, -0.2) is 0 Å². The lowest BCUT2D eigenvalue weighted by Crippen LogP contribution is -2.33. The molecular formula is C14H17N3O5. The Kier molecular flexibility index (Phi) is 5.67. The van der Waals surface area contributed by atoms with Gasteiger partial charge in [0.25, 0.3) is 5.91 Å². The summed E-state index contributed by atoms with van der Waals surface area (Å²) in [7, 11) is 0. The first-order valence-corrected chi connectivity index (χ1v) is 6.18. The first-order valence-electron chi connectivity index (χ1n) is 6.18. The number of amides is 1. The minimum absolute atomic E-state index is 0.105. The van der Waals surface area contributed by atoms with Crippen molar-refractivity contribution >= 4 is 28.3 Å². The molecule has 2 aromatic carbocycles. The second kappa shape index (κ2) is 7.25. The topological polar surface area (TPSA) is 173 Å². The number of aliphatic carboxylic acids is 1. The van der Waals surface area contributed by atoms with E-state index in [0.717, 1.165) is 0 Å². The number of phenols is 1. The Bertz CT molecular complexity index is 702. The molecule has 8 heteroatoms. The Morgan fingerprint density at radius 3 is 2.23 bits per heavy atom. The van der Waals surface area contributed by atoms with Crippen LogP contribution in [-0.4, -0.2) is 39.8 Å². The van der Waals surface area contributed by atoms with Crippen molar-refractivity contribution in [1.29, 1.82) is 0 Å². The summed E-state index contributed by atoms with van der Waals surface area (Å²) >= 11 is 0. The fourth-order valence-electron chi connectivity index (χ4n) is 1.64. The van der Waals surface area contributed by atoms with Gasteiger partial charge in [0.05, 0.1) is 12.2 Å². The van der Waals surface area contributed by atoms with Gasteiger partial charge in [-0.2, -0.15) is 0 Å². The lowest BCUT2D eigenvalue weighted by atomic mass is 10.0. The molecule has 0 aliphatic heterocycles. The summed E-state index contributed by atoms with van der Waals surface area (Å²) in [4.78, 5) is 20.6. The van der Waals surface area contributed by atoms with Crippen LogP contribution < -0.4 is 17.2 Å². The Morgan fingerprint density at radius 2 is 1.77 bits per heavy atom. The summed E-state index contributed by atoms with van der Waals surface area (Å²) in [6, 6.07) is 7.14. The fraction of sp³-hybridized carbons (Fsp3) is 0.143. The zero-order chi connectivity index (χ0) is 16.9. The molecule has 0 saturated carbocycles. The van der Waals surface area contributed by atoms with Gasteiger partial charge in [-0.05, 0) is 12.1 Å². The number of rotatable bonds is 3. The van der Waals surface area contributed by atoms with Gasteiger partial charge in [0.2, 0.25) is 0 Å². The van der Waals surface area contributed by atoms with Gasteiger partial charge in [-0.15, -0.1) is 0 Å². The third-order valence-electron chi connectivity index (χ3n) is 2.85. The molecule has 0 saturated heterocycles. The highest BCUT2D eigenvalue weighted by Crippen LogP contribution is 2.31. The molecule has 0 bridgehead atoms. The molecule has 0 fully saturated rings. The van der Waals surface area contributed by atoms with Crippen molar-refractivity contribution in [1.82, 2.24) is 0 Å². The van der Waals surface area contributed by atoms with Crippen molar-refractivity contribution in [2.75, 3.05) is 12.3 Å². The number of carboxylic acids is 1. The van der Waals surface area contributed by atoms with Gasteiger partial charge >= 0.3 is 5.97 Å². The van der Waals surface area contributed by atoms with Gasteiger partial charge in [-0.3, -0.25) is 9.59 Å². The predicted molar refractivity (Wildman–Crippen MR) is 81.2 cm³/mol. The van der Waals surface area contributed by atoms with E-state index in [1.807, 2.05) is 0 Å². The molecule has 0 unspecified atom stereocenters. The molecule has 0 radical (unpaired) electrons. The van der Waals surface area contributed by atoms with Crippen LogP contribution >= 0.6 is 0 Å². The van der Waals surface area contributed by atoms with Gasteiger partial charge in [-0.1, -0.05) is 18.2 Å². The maximum absolute atomic E-state index is 11.0. The number of aromatic hydroxyl groups is 1. The number of anilines is 1. The van der Waals surface area contributed by atoms with E-state index in [-0.39, 0.29) is 11.3 Å². The van der Waals surface area contributed by atoms with Crippen molar-refractivity contribution in [2.45, 2.75) is 6.04 Å². The molecule has 1 atom stereocenters. The van der Waals surface area contributed by atoms with Crippen LogP contribution in [0.1, 0.15) is 10.4 Å². The Labute approximate surface area is 125 Å². The molecular weight excluding hydrogens is 290 g/mol. The van der Waals surface area contributed by atoms with E-state index in [4.69, 9.17) is 27.4 Å². The summed E-state index contributed by atoms with van der Waals surface area (Å²) in [5.74, 6) is -1.95. The smallest absolute Gasteiger partial charge is 0.322 e. The molecule has 2 rings (SSSR count). The molecule has 0 aliphatic rings. The average Bonchev–Trinajstić information content (AvgIpc) is 2.47. The van der Waals surface area contributed by atoms with Crippen LogP contribution in [0.2, 0.25) is 0 Å². The summed E-state index contributed by atoms with van der Waals surface area (Å²) in [5.41, 5.74) is 16.3. The first-order chi connectivity index (χ1) is 10.3. The number of primary amides is 1. The number of nitrogen functional groups attached to an aromatic ring is 1. The molecule has 9 N–H and O–H groups in total. The minimum Gasteiger partial charge on any atom is -0.506 e. The molecule has 1 amide bonds. The lowest BCUT2D eigenvalue weighted by Gasteiger charge is -2.06. The van der Waals surface area contributed by atoms with Gasteiger partial charge in [0.1, 0.15) is 11.8 Å². The van der Waals surface area contributed by atoms with E-state index in [9.17, 15) is 14.7 Å². The number of aliphatic hydroxyl groups is 1. The van der Waals surface area contributed by atoms with E-state index in [1.54, 1.807) is 24.3 Å². The second-order valence-electron chi connectivity index (χ2n) is 4.40. The van der Waals surface area contributed by atoms with Crippen molar-refractivity contribution in [3.05, 3.63) is 35.9 Å². The van der Waals surface area contributed by atoms with Crippen molar-refractivity contribution in [3.8, 4) is 5.75 Å². The second-order valence-corrected chi connectivity index (χ2v) is 4.40. The van der Waals surface area contributed by atoms with E-state index in [0.29, 0.717) is 16.5 Å². The molecule has 8 nitrogen and oxygen atoms in total. The lowest BCUT2D eigenvalue weighted by molar-refractivity contribution is -0.139. The minimum atomic E-state index is -1.18. The highest BCUT2D eigenvalue weighted by atomic mass is 16.4. The van der Waals surface area contributed by atoms with Gasteiger partial charge in [0, 0.05) is 16.5 Å².